The minimum absolute atomic E-state index is 0.121. The van der Waals surface area contributed by atoms with E-state index in [1.807, 2.05) is 24.3 Å². The highest BCUT2D eigenvalue weighted by molar-refractivity contribution is 6.44. The Morgan fingerprint density at radius 1 is 1.12 bits per heavy atom. The van der Waals surface area contributed by atoms with Crippen LogP contribution in [0.3, 0.4) is 0 Å². The molecule has 2 rings (SSSR count). The summed E-state index contributed by atoms with van der Waals surface area (Å²) in [6.45, 7) is 4.11. The zero-order valence-corrected chi connectivity index (χ0v) is 15.7. The Kier molecular flexibility index (Phi) is 6.79. The van der Waals surface area contributed by atoms with Crippen molar-refractivity contribution in [2.45, 2.75) is 26.2 Å². The molecule has 0 aliphatic carbocycles. The maximum absolute atomic E-state index is 12.1. The number of halogens is 3. The Morgan fingerprint density at radius 3 is 2.50 bits per heavy atom. The molecular formula is C18H18Cl3NO2. The lowest BCUT2D eigenvalue weighted by atomic mass is 9.98. The van der Waals surface area contributed by atoms with Crippen molar-refractivity contribution >= 4 is 46.4 Å². The van der Waals surface area contributed by atoms with E-state index in [1.54, 1.807) is 0 Å². The molecule has 1 N–H and O–H groups in total. The number of para-hydroxylation sites is 1. The first kappa shape index (κ1) is 18.9. The van der Waals surface area contributed by atoms with Gasteiger partial charge in [0.25, 0.3) is 5.91 Å². The average molecular weight is 387 g/mol. The fraction of sp³-hybridized carbons (Fsp3) is 0.278. The number of hydrogen-bond donors (Lipinski definition) is 1. The third-order valence-electron chi connectivity index (χ3n) is 3.71. The normalized spacial score (nSPS) is 11.9. The highest BCUT2D eigenvalue weighted by Gasteiger charge is 2.13. The van der Waals surface area contributed by atoms with Crippen LogP contribution in [-0.2, 0) is 4.79 Å². The molecule has 0 spiro atoms. The van der Waals surface area contributed by atoms with Crippen molar-refractivity contribution < 1.29 is 9.53 Å². The molecule has 24 heavy (non-hydrogen) atoms. The van der Waals surface area contributed by atoms with Gasteiger partial charge in [0, 0.05) is 0 Å². The minimum atomic E-state index is -0.325. The number of amides is 1. The fourth-order valence-electron chi connectivity index (χ4n) is 2.19. The quantitative estimate of drug-likeness (QED) is 0.602. The zero-order chi connectivity index (χ0) is 17.7. The maximum atomic E-state index is 12.1. The van der Waals surface area contributed by atoms with Crippen molar-refractivity contribution in [2.75, 3.05) is 11.9 Å². The molecule has 1 unspecified atom stereocenters. The van der Waals surface area contributed by atoms with Crippen LogP contribution in [0.4, 0.5) is 5.69 Å². The van der Waals surface area contributed by atoms with Gasteiger partial charge in [-0.3, -0.25) is 4.79 Å². The third kappa shape index (κ3) is 4.79. The van der Waals surface area contributed by atoms with Gasteiger partial charge in [0.15, 0.2) is 6.61 Å². The average Bonchev–Trinajstić information content (AvgIpc) is 2.57. The van der Waals surface area contributed by atoms with Crippen LogP contribution in [0.5, 0.6) is 5.75 Å². The Hall–Kier alpha value is -1.42. The lowest BCUT2D eigenvalue weighted by molar-refractivity contribution is -0.118. The highest BCUT2D eigenvalue weighted by Crippen LogP contribution is 2.32. The van der Waals surface area contributed by atoms with Crippen LogP contribution in [-0.4, -0.2) is 12.5 Å². The van der Waals surface area contributed by atoms with Crippen molar-refractivity contribution in [3.8, 4) is 5.75 Å². The minimum Gasteiger partial charge on any atom is -0.483 e. The second-order valence-corrected chi connectivity index (χ2v) is 6.65. The molecule has 0 heterocycles. The third-order valence-corrected chi connectivity index (χ3v) is 4.74. The lowest BCUT2D eigenvalue weighted by Gasteiger charge is -2.15. The SMILES string of the molecule is CCC(C)c1ccccc1OCC(=O)Nc1cc(Cl)c(Cl)cc1Cl. The van der Waals surface area contributed by atoms with E-state index in [-0.39, 0.29) is 12.5 Å². The predicted octanol–water partition coefficient (Wildman–Crippen LogP) is 6.18. The summed E-state index contributed by atoms with van der Waals surface area (Å²) in [6.07, 6.45) is 0.992. The summed E-state index contributed by atoms with van der Waals surface area (Å²) in [7, 11) is 0. The molecule has 2 aromatic rings. The van der Waals surface area contributed by atoms with Gasteiger partial charge >= 0.3 is 0 Å². The number of rotatable bonds is 6. The van der Waals surface area contributed by atoms with E-state index >= 15 is 0 Å². The molecule has 2 aromatic carbocycles. The van der Waals surface area contributed by atoms with Crippen molar-refractivity contribution in [3.05, 3.63) is 57.0 Å². The van der Waals surface area contributed by atoms with Crippen LogP contribution in [0, 0.1) is 0 Å². The number of hydrogen-bond acceptors (Lipinski definition) is 2. The molecule has 0 saturated carbocycles. The van der Waals surface area contributed by atoms with Gasteiger partial charge in [-0.15, -0.1) is 0 Å². The van der Waals surface area contributed by atoms with E-state index in [9.17, 15) is 4.79 Å². The van der Waals surface area contributed by atoms with Crippen molar-refractivity contribution in [3.63, 3.8) is 0 Å². The van der Waals surface area contributed by atoms with E-state index in [1.165, 1.54) is 12.1 Å². The van der Waals surface area contributed by atoms with Gasteiger partial charge in [-0.2, -0.15) is 0 Å². The molecule has 0 fully saturated rings. The summed E-state index contributed by atoms with van der Waals surface area (Å²) in [5.41, 5.74) is 1.48. The van der Waals surface area contributed by atoms with E-state index in [2.05, 4.69) is 19.2 Å². The zero-order valence-electron chi connectivity index (χ0n) is 13.4. The smallest absolute Gasteiger partial charge is 0.262 e. The first-order valence-corrected chi connectivity index (χ1v) is 8.71. The van der Waals surface area contributed by atoms with Gasteiger partial charge in [0.1, 0.15) is 5.75 Å². The molecule has 128 valence electrons. The summed E-state index contributed by atoms with van der Waals surface area (Å²) in [5.74, 6) is 0.741. The van der Waals surface area contributed by atoms with Gasteiger partial charge in [0.2, 0.25) is 0 Å². The van der Waals surface area contributed by atoms with Crippen LogP contribution < -0.4 is 10.1 Å². The summed E-state index contributed by atoms with van der Waals surface area (Å²) in [4.78, 5) is 12.1. The van der Waals surface area contributed by atoms with Gasteiger partial charge in [-0.25, -0.2) is 0 Å². The molecule has 0 saturated heterocycles. The summed E-state index contributed by atoms with van der Waals surface area (Å²) in [6, 6.07) is 10.7. The first-order valence-electron chi connectivity index (χ1n) is 7.58. The molecule has 0 aliphatic heterocycles. The molecule has 1 atom stereocenters. The largest absolute Gasteiger partial charge is 0.483 e. The topological polar surface area (TPSA) is 38.3 Å². The molecule has 1 amide bonds. The van der Waals surface area contributed by atoms with Crippen LogP contribution in [0.1, 0.15) is 31.7 Å². The van der Waals surface area contributed by atoms with E-state index < -0.39 is 0 Å². The molecule has 0 aliphatic rings. The van der Waals surface area contributed by atoms with E-state index in [4.69, 9.17) is 39.5 Å². The standard InChI is InChI=1S/C18H18Cl3NO2/c1-3-11(2)12-6-4-5-7-17(12)24-10-18(23)22-16-9-14(20)13(19)8-15(16)21/h4-9,11H,3,10H2,1-2H3,(H,22,23). The number of carbonyl (C=O) groups is 1. The summed E-state index contributed by atoms with van der Waals surface area (Å²) in [5, 5.41) is 3.64. The van der Waals surface area contributed by atoms with Crippen LogP contribution in [0.2, 0.25) is 15.1 Å². The number of anilines is 1. The van der Waals surface area contributed by atoms with E-state index in [0.29, 0.717) is 32.4 Å². The highest BCUT2D eigenvalue weighted by atomic mass is 35.5. The van der Waals surface area contributed by atoms with Crippen LogP contribution >= 0.6 is 34.8 Å². The van der Waals surface area contributed by atoms with Crippen LogP contribution in [0.15, 0.2) is 36.4 Å². The first-order chi connectivity index (χ1) is 11.4. The van der Waals surface area contributed by atoms with Gasteiger partial charge in [-0.1, -0.05) is 66.8 Å². The Morgan fingerprint density at radius 2 is 1.79 bits per heavy atom. The molecular weight excluding hydrogens is 369 g/mol. The number of nitrogens with one attached hydrogen (secondary N) is 1. The second-order valence-electron chi connectivity index (χ2n) is 5.43. The lowest BCUT2D eigenvalue weighted by Crippen LogP contribution is -2.20. The molecule has 6 heteroatoms. The monoisotopic (exact) mass is 385 g/mol. The van der Waals surface area contributed by atoms with Gasteiger partial charge in [0.05, 0.1) is 20.8 Å². The molecule has 0 radical (unpaired) electrons. The molecule has 0 bridgehead atoms. The number of ether oxygens (including phenoxy) is 1. The van der Waals surface area contributed by atoms with Crippen molar-refractivity contribution in [1.82, 2.24) is 0 Å². The summed E-state index contributed by atoms with van der Waals surface area (Å²) < 4.78 is 5.67. The predicted molar refractivity (Wildman–Crippen MR) is 101 cm³/mol. The Bertz CT molecular complexity index is 734. The van der Waals surface area contributed by atoms with Crippen LogP contribution in [0.25, 0.3) is 0 Å². The van der Waals surface area contributed by atoms with E-state index in [0.717, 1.165) is 12.0 Å². The van der Waals surface area contributed by atoms with Crippen molar-refractivity contribution in [1.29, 1.82) is 0 Å². The Balaban J connectivity index is 2.03. The second kappa shape index (κ2) is 8.61. The van der Waals surface area contributed by atoms with Gasteiger partial charge < -0.3 is 10.1 Å². The number of benzene rings is 2. The number of carbonyl (C=O) groups excluding carboxylic acids is 1. The van der Waals surface area contributed by atoms with Crippen molar-refractivity contribution in [2.24, 2.45) is 0 Å². The maximum Gasteiger partial charge on any atom is 0.262 e. The summed E-state index contributed by atoms with van der Waals surface area (Å²) >= 11 is 17.9. The fourth-order valence-corrected chi connectivity index (χ4v) is 2.78. The molecule has 0 aromatic heterocycles. The van der Waals surface area contributed by atoms with Gasteiger partial charge in [-0.05, 0) is 36.1 Å². The molecule has 3 nitrogen and oxygen atoms in total. The Labute approximate surface area is 156 Å².